The summed E-state index contributed by atoms with van der Waals surface area (Å²) in [6.07, 6.45) is 0.373. The van der Waals surface area contributed by atoms with Gasteiger partial charge in [0.2, 0.25) is 29.4 Å². The first-order chi connectivity index (χ1) is 26.1. The maximum Gasteiger partial charge on any atom is 0.252 e. The molecular weight excluding hydrogens is 722 g/mol. The Bertz CT molecular complexity index is 1820. The molecule has 288 valence electrons. The summed E-state index contributed by atoms with van der Waals surface area (Å²) in [6, 6.07) is 13.2. The van der Waals surface area contributed by atoms with Crippen LogP contribution in [0.4, 0.5) is 0 Å². The number of fused-ring (bicyclic) bond motifs is 20. The SMILES string of the molecule is COc1cc2cc(OC)c1OCCCNC(=O)CN(C(=O)Cc1cc3c(cc1Cl)OCCO3)CCNC(=O)[C@@H](Cc1ccccc1)NC(=O)[C@H](C)NC2=O. The van der Waals surface area contributed by atoms with Gasteiger partial charge in [-0.3, -0.25) is 24.0 Å². The van der Waals surface area contributed by atoms with Crippen molar-refractivity contribution in [2.75, 3.05) is 60.2 Å². The van der Waals surface area contributed by atoms with Crippen LogP contribution in [0.2, 0.25) is 5.02 Å². The molecule has 0 unspecified atom stereocenters. The summed E-state index contributed by atoms with van der Waals surface area (Å²) in [5.74, 6) is -0.942. The van der Waals surface area contributed by atoms with Crippen LogP contribution in [0, 0.1) is 0 Å². The van der Waals surface area contributed by atoms with E-state index in [4.69, 9.17) is 35.3 Å². The Morgan fingerprint density at radius 1 is 0.852 bits per heavy atom. The number of methoxy groups -OCH3 is 2. The molecule has 2 bridgehead atoms. The minimum Gasteiger partial charge on any atom is -0.493 e. The fraction of sp³-hybridized carbons (Fsp3) is 0.395. The second kappa shape index (κ2) is 18.9. The molecule has 2 atom stereocenters. The molecule has 5 amide bonds. The Hall–Kier alpha value is -5.70. The van der Waals surface area contributed by atoms with Gasteiger partial charge in [-0.2, -0.15) is 0 Å². The van der Waals surface area contributed by atoms with Crippen molar-refractivity contribution in [3.8, 4) is 28.7 Å². The normalized spacial score (nSPS) is 18.8. The molecule has 3 aliphatic rings. The van der Waals surface area contributed by atoms with Crippen molar-refractivity contribution in [2.45, 2.75) is 38.3 Å². The van der Waals surface area contributed by atoms with E-state index in [9.17, 15) is 24.0 Å². The highest BCUT2D eigenvalue weighted by Crippen LogP contribution is 2.39. The van der Waals surface area contributed by atoms with Gasteiger partial charge in [0.1, 0.15) is 25.3 Å². The zero-order valence-electron chi connectivity index (χ0n) is 30.3. The quantitative estimate of drug-likeness (QED) is 0.271. The Balaban J connectivity index is 1.39. The van der Waals surface area contributed by atoms with Gasteiger partial charge < -0.3 is 49.9 Å². The third-order valence-corrected chi connectivity index (χ3v) is 9.04. The molecular formula is C38H44ClN5O10. The van der Waals surface area contributed by atoms with Gasteiger partial charge in [-0.25, -0.2) is 0 Å². The average molecular weight is 766 g/mol. The maximum absolute atomic E-state index is 13.7. The van der Waals surface area contributed by atoms with Crippen LogP contribution in [0.5, 0.6) is 28.7 Å². The first-order valence-corrected chi connectivity index (χ1v) is 17.9. The summed E-state index contributed by atoms with van der Waals surface area (Å²) in [7, 11) is 2.83. The van der Waals surface area contributed by atoms with Crippen LogP contribution in [0.3, 0.4) is 0 Å². The standard InChI is InChI=1S/C38H44ClN5O10/c1-23-36(47)43-28(16-24-8-5-4-6-9-24)38(49)41-11-12-44(34(46)20-25-17-29-30(21-27(25)39)53-15-14-52-29)22-33(45)40-10-7-13-54-35-31(50-2)18-26(37(48)42-23)19-32(35)51-3/h4-6,8-9,17-19,21,23,28H,7,10-16,20,22H2,1-3H3,(H,40,45)(H,41,49)(H,42,48)(H,43,47)/t23-,28+/m0/s1. The first-order valence-electron chi connectivity index (χ1n) is 17.5. The Morgan fingerprint density at radius 3 is 2.22 bits per heavy atom. The molecule has 0 saturated heterocycles. The second-order valence-electron chi connectivity index (χ2n) is 12.6. The molecule has 0 spiro atoms. The van der Waals surface area contributed by atoms with E-state index in [1.165, 1.54) is 38.2 Å². The van der Waals surface area contributed by atoms with Crippen molar-refractivity contribution in [1.82, 2.24) is 26.2 Å². The van der Waals surface area contributed by atoms with Crippen molar-refractivity contribution >= 4 is 41.1 Å². The van der Waals surface area contributed by atoms with E-state index in [-0.39, 0.29) is 68.4 Å². The first kappa shape index (κ1) is 39.5. The number of nitrogens with one attached hydrogen (secondary N) is 4. The van der Waals surface area contributed by atoms with Crippen LogP contribution in [-0.4, -0.2) is 107 Å². The van der Waals surface area contributed by atoms with E-state index in [0.29, 0.717) is 41.7 Å². The molecule has 16 heteroatoms. The van der Waals surface area contributed by atoms with Gasteiger partial charge in [0, 0.05) is 42.7 Å². The average Bonchev–Trinajstić information content (AvgIpc) is 3.16. The van der Waals surface area contributed by atoms with Gasteiger partial charge in [0.15, 0.2) is 23.0 Å². The molecule has 0 radical (unpaired) electrons. The fourth-order valence-electron chi connectivity index (χ4n) is 5.80. The second-order valence-corrected chi connectivity index (χ2v) is 13.0. The molecule has 3 aliphatic heterocycles. The molecule has 0 saturated carbocycles. The van der Waals surface area contributed by atoms with Crippen LogP contribution in [0.25, 0.3) is 0 Å². The van der Waals surface area contributed by atoms with Gasteiger partial charge >= 0.3 is 0 Å². The predicted molar refractivity (Wildman–Crippen MR) is 197 cm³/mol. The molecule has 0 aliphatic carbocycles. The highest BCUT2D eigenvalue weighted by atomic mass is 35.5. The van der Waals surface area contributed by atoms with Crippen molar-refractivity contribution in [3.63, 3.8) is 0 Å². The van der Waals surface area contributed by atoms with E-state index in [1.807, 2.05) is 30.3 Å². The summed E-state index contributed by atoms with van der Waals surface area (Å²) in [5.41, 5.74) is 1.41. The predicted octanol–water partition coefficient (Wildman–Crippen LogP) is 2.06. The van der Waals surface area contributed by atoms with Crippen molar-refractivity contribution < 1.29 is 47.7 Å². The van der Waals surface area contributed by atoms with Crippen molar-refractivity contribution in [3.05, 3.63) is 76.3 Å². The molecule has 0 aromatic heterocycles. The van der Waals surface area contributed by atoms with Crippen molar-refractivity contribution in [1.29, 1.82) is 0 Å². The number of halogens is 1. The highest BCUT2D eigenvalue weighted by Gasteiger charge is 2.27. The zero-order valence-corrected chi connectivity index (χ0v) is 31.1. The molecule has 6 rings (SSSR count). The molecule has 3 heterocycles. The number of ether oxygens (including phenoxy) is 5. The zero-order chi connectivity index (χ0) is 38.6. The third kappa shape index (κ3) is 10.5. The van der Waals surface area contributed by atoms with Gasteiger partial charge in [-0.1, -0.05) is 41.9 Å². The van der Waals surface area contributed by atoms with Crippen LogP contribution in [-0.2, 0) is 32.0 Å². The summed E-state index contributed by atoms with van der Waals surface area (Å²) < 4.78 is 28.2. The lowest BCUT2D eigenvalue weighted by molar-refractivity contribution is -0.135. The largest absolute Gasteiger partial charge is 0.493 e. The maximum atomic E-state index is 13.7. The number of rotatable bonds is 6. The van der Waals surface area contributed by atoms with Gasteiger partial charge in [-0.05, 0) is 42.7 Å². The molecule has 54 heavy (non-hydrogen) atoms. The van der Waals surface area contributed by atoms with Crippen molar-refractivity contribution in [2.24, 2.45) is 0 Å². The summed E-state index contributed by atoms with van der Waals surface area (Å²) in [6.45, 7) is 2.23. The van der Waals surface area contributed by atoms with Crippen LogP contribution in [0.1, 0.15) is 34.8 Å². The lowest BCUT2D eigenvalue weighted by atomic mass is 10.0. The van der Waals surface area contributed by atoms with E-state index in [2.05, 4.69) is 21.3 Å². The highest BCUT2D eigenvalue weighted by molar-refractivity contribution is 6.31. The van der Waals surface area contributed by atoms with Gasteiger partial charge in [-0.15, -0.1) is 0 Å². The lowest BCUT2D eigenvalue weighted by Gasteiger charge is -2.25. The van der Waals surface area contributed by atoms with E-state index < -0.39 is 41.6 Å². The lowest BCUT2D eigenvalue weighted by Crippen LogP contribution is -2.54. The smallest absolute Gasteiger partial charge is 0.252 e. The number of amides is 5. The minimum atomic E-state index is -1.05. The topological polar surface area (TPSA) is 183 Å². The number of benzene rings is 3. The van der Waals surface area contributed by atoms with E-state index in [1.54, 1.807) is 12.1 Å². The Labute approximate surface area is 317 Å². The summed E-state index contributed by atoms with van der Waals surface area (Å²) in [4.78, 5) is 68.6. The molecule has 3 aromatic carbocycles. The molecule has 15 nitrogen and oxygen atoms in total. The van der Waals surface area contributed by atoms with Gasteiger partial charge in [0.05, 0.1) is 33.8 Å². The number of hydrogen-bond acceptors (Lipinski definition) is 10. The van der Waals surface area contributed by atoms with Crippen LogP contribution < -0.4 is 45.0 Å². The number of carbonyl (C=O) groups is 5. The summed E-state index contributed by atoms with van der Waals surface area (Å²) in [5, 5.41) is 11.3. The minimum absolute atomic E-state index is 0.0308. The summed E-state index contributed by atoms with van der Waals surface area (Å²) >= 11 is 6.50. The third-order valence-electron chi connectivity index (χ3n) is 8.69. The number of hydrogen-bond donors (Lipinski definition) is 4. The van der Waals surface area contributed by atoms with E-state index >= 15 is 0 Å². The fourth-order valence-corrected chi connectivity index (χ4v) is 6.02. The monoisotopic (exact) mass is 765 g/mol. The number of nitrogens with zero attached hydrogens (tertiary/aromatic N) is 1. The van der Waals surface area contributed by atoms with Crippen LogP contribution >= 0.6 is 11.6 Å². The Morgan fingerprint density at radius 2 is 1.54 bits per heavy atom. The van der Waals surface area contributed by atoms with E-state index in [0.717, 1.165) is 5.56 Å². The van der Waals surface area contributed by atoms with Crippen LogP contribution in [0.15, 0.2) is 54.6 Å². The number of carbonyl (C=O) groups excluding carboxylic acids is 5. The molecule has 3 aromatic rings. The molecule has 4 N–H and O–H groups in total. The van der Waals surface area contributed by atoms with Gasteiger partial charge in [0.25, 0.3) is 5.91 Å². The Kier molecular flexibility index (Phi) is 13.8. The molecule has 0 fully saturated rings.